The van der Waals surface area contributed by atoms with Gasteiger partial charge in [-0.25, -0.2) is 4.99 Å². The topological polar surface area (TPSA) is 53.5 Å². The highest BCUT2D eigenvalue weighted by Crippen LogP contribution is 2.39. The molecule has 1 aliphatic carbocycles. The Morgan fingerprint density at radius 2 is 2.42 bits per heavy atom. The molecule has 1 atom stereocenters. The number of guanidine groups is 1. The molecular formula is C15H19N3O. The van der Waals surface area contributed by atoms with E-state index < -0.39 is 0 Å². The average molecular weight is 257 g/mol. The first-order valence-corrected chi connectivity index (χ1v) is 7.04. The summed E-state index contributed by atoms with van der Waals surface area (Å²) in [6.07, 6.45) is 4.76. The number of carbonyl (C=O) groups is 1. The van der Waals surface area contributed by atoms with E-state index in [-0.39, 0.29) is 11.9 Å². The van der Waals surface area contributed by atoms with E-state index in [0.717, 1.165) is 24.9 Å². The molecule has 0 fully saturated rings. The molecule has 100 valence electrons. The van der Waals surface area contributed by atoms with Crippen molar-refractivity contribution in [2.75, 3.05) is 5.32 Å². The lowest BCUT2D eigenvalue weighted by Gasteiger charge is -2.30. The normalized spacial score (nSPS) is 20.1. The van der Waals surface area contributed by atoms with Crippen molar-refractivity contribution < 1.29 is 4.79 Å². The van der Waals surface area contributed by atoms with Crippen LogP contribution in [0.1, 0.15) is 49.8 Å². The predicted octanol–water partition coefficient (Wildman–Crippen LogP) is 2.76. The van der Waals surface area contributed by atoms with Gasteiger partial charge in [-0.05, 0) is 37.3 Å². The second-order valence-corrected chi connectivity index (χ2v) is 5.19. The molecule has 0 radical (unpaired) electrons. The second-order valence-electron chi connectivity index (χ2n) is 5.19. The number of nitrogens with zero attached hydrogens (tertiary/aromatic N) is 1. The van der Waals surface area contributed by atoms with Crippen LogP contribution in [0.15, 0.2) is 23.2 Å². The summed E-state index contributed by atoms with van der Waals surface area (Å²) < 4.78 is 0. The maximum atomic E-state index is 11.7. The fraction of sp³-hybridized carbons (Fsp3) is 0.467. The van der Waals surface area contributed by atoms with Gasteiger partial charge in [-0.2, -0.15) is 0 Å². The highest BCUT2D eigenvalue weighted by molar-refractivity contribution is 6.05. The molecule has 3 rings (SSSR count). The van der Waals surface area contributed by atoms with Gasteiger partial charge in [0.05, 0.1) is 6.04 Å². The molecule has 4 nitrogen and oxygen atoms in total. The van der Waals surface area contributed by atoms with Crippen LogP contribution in [0.25, 0.3) is 0 Å². The summed E-state index contributed by atoms with van der Waals surface area (Å²) in [6.45, 7) is 2.00. The standard InChI is InChI=1S/C15H19N3O/c1-2-5-13(19)18-15-16-11-8-3-6-10-7-4-9-12(17-15)14(10)11/h3,6,8,12H,2,4-5,7,9H2,1H3,(H2,16,17,18,19). The average Bonchev–Trinajstić information content (AvgIpc) is 2.39. The van der Waals surface area contributed by atoms with Crippen molar-refractivity contribution in [2.45, 2.75) is 45.1 Å². The number of hydrogen-bond acceptors (Lipinski definition) is 3. The van der Waals surface area contributed by atoms with Crippen LogP contribution >= 0.6 is 0 Å². The fourth-order valence-electron chi connectivity index (χ4n) is 2.89. The molecule has 1 unspecified atom stereocenters. The van der Waals surface area contributed by atoms with E-state index in [2.05, 4.69) is 33.8 Å². The number of rotatable bonds is 2. The lowest BCUT2D eigenvalue weighted by atomic mass is 9.86. The van der Waals surface area contributed by atoms with Gasteiger partial charge in [0.2, 0.25) is 11.9 Å². The van der Waals surface area contributed by atoms with Crippen LogP contribution in [0.4, 0.5) is 5.69 Å². The zero-order valence-electron chi connectivity index (χ0n) is 11.2. The van der Waals surface area contributed by atoms with Crippen molar-refractivity contribution >= 4 is 17.6 Å². The molecule has 2 aliphatic rings. The maximum absolute atomic E-state index is 11.7. The first-order chi connectivity index (χ1) is 9.28. The zero-order valence-corrected chi connectivity index (χ0v) is 11.2. The van der Waals surface area contributed by atoms with Crippen molar-refractivity contribution in [2.24, 2.45) is 4.99 Å². The Hall–Kier alpha value is -1.84. The lowest BCUT2D eigenvalue weighted by molar-refractivity contribution is -0.119. The first-order valence-electron chi connectivity index (χ1n) is 7.04. The van der Waals surface area contributed by atoms with E-state index in [1.54, 1.807) is 0 Å². The third-order valence-electron chi connectivity index (χ3n) is 3.73. The van der Waals surface area contributed by atoms with Gasteiger partial charge in [-0.15, -0.1) is 0 Å². The zero-order chi connectivity index (χ0) is 13.2. The van der Waals surface area contributed by atoms with Gasteiger partial charge in [0.1, 0.15) is 0 Å². The monoisotopic (exact) mass is 257 g/mol. The van der Waals surface area contributed by atoms with Crippen molar-refractivity contribution in [3.8, 4) is 0 Å². The summed E-state index contributed by atoms with van der Waals surface area (Å²) >= 11 is 0. The lowest BCUT2D eigenvalue weighted by Crippen LogP contribution is -2.38. The number of aryl methyl sites for hydroxylation is 1. The molecule has 1 aliphatic heterocycles. The summed E-state index contributed by atoms with van der Waals surface area (Å²) in [5.41, 5.74) is 3.81. The minimum Gasteiger partial charge on any atom is -0.326 e. The van der Waals surface area contributed by atoms with Crippen molar-refractivity contribution in [1.29, 1.82) is 0 Å². The smallest absolute Gasteiger partial charge is 0.226 e. The van der Waals surface area contributed by atoms with Crippen LogP contribution in [-0.4, -0.2) is 11.9 Å². The first kappa shape index (κ1) is 12.2. The molecule has 0 aromatic heterocycles. The number of aliphatic imine (C=N–C) groups is 1. The summed E-state index contributed by atoms with van der Waals surface area (Å²) in [5, 5.41) is 6.11. The molecule has 2 N–H and O–H groups in total. The van der Waals surface area contributed by atoms with Crippen LogP contribution < -0.4 is 10.6 Å². The van der Waals surface area contributed by atoms with Crippen LogP contribution in [0.2, 0.25) is 0 Å². The Morgan fingerprint density at radius 3 is 3.26 bits per heavy atom. The van der Waals surface area contributed by atoms with Gasteiger partial charge in [-0.3, -0.25) is 10.1 Å². The molecule has 0 bridgehead atoms. The van der Waals surface area contributed by atoms with Crippen molar-refractivity contribution in [1.82, 2.24) is 5.32 Å². The van der Waals surface area contributed by atoms with E-state index in [1.807, 2.05) is 6.92 Å². The third-order valence-corrected chi connectivity index (χ3v) is 3.73. The molecule has 1 heterocycles. The van der Waals surface area contributed by atoms with E-state index in [0.29, 0.717) is 12.4 Å². The van der Waals surface area contributed by atoms with Gasteiger partial charge >= 0.3 is 0 Å². The van der Waals surface area contributed by atoms with E-state index in [1.165, 1.54) is 17.5 Å². The Bertz CT molecular complexity index is 536. The Morgan fingerprint density at radius 1 is 1.53 bits per heavy atom. The largest absolute Gasteiger partial charge is 0.326 e. The number of hydrogen-bond donors (Lipinski definition) is 2. The van der Waals surface area contributed by atoms with Crippen molar-refractivity contribution in [3.05, 3.63) is 29.3 Å². The molecule has 19 heavy (non-hydrogen) atoms. The molecule has 0 saturated carbocycles. The Kier molecular flexibility index (Phi) is 3.23. The molecule has 1 aromatic rings. The molecule has 0 saturated heterocycles. The summed E-state index contributed by atoms with van der Waals surface area (Å²) in [4.78, 5) is 16.3. The van der Waals surface area contributed by atoms with Crippen LogP contribution in [0.5, 0.6) is 0 Å². The minimum atomic E-state index is 0.0316. The Balaban J connectivity index is 1.85. The minimum absolute atomic E-state index is 0.0316. The predicted molar refractivity (Wildman–Crippen MR) is 76.2 cm³/mol. The third kappa shape index (κ3) is 2.35. The molecule has 4 heteroatoms. The SMILES string of the molecule is CCCC(=O)NC1=NC2CCCc3cccc(c32)N1. The number of benzene rings is 1. The van der Waals surface area contributed by atoms with E-state index in [4.69, 9.17) is 0 Å². The summed E-state index contributed by atoms with van der Waals surface area (Å²) in [6, 6.07) is 6.53. The fourth-order valence-corrected chi connectivity index (χ4v) is 2.89. The highest BCUT2D eigenvalue weighted by Gasteiger charge is 2.27. The van der Waals surface area contributed by atoms with E-state index in [9.17, 15) is 4.79 Å². The summed E-state index contributed by atoms with van der Waals surface area (Å²) in [7, 11) is 0. The van der Waals surface area contributed by atoms with Gasteiger partial charge in [-0.1, -0.05) is 19.1 Å². The number of amides is 1. The molecule has 1 aromatic carbocycles. The molecule has 1 amide bonds. The van der Waals surface area contributed by atoms with Crippen LogP contribution in [0, 0.1) is 0 Å². The number of nitrogens with one attached hydrogen (secondary N) is 2. The van der Waals surface area contributed by atoms with Gasteiger partial charge in [0.15, 0.2) is 0 Å². The maximum Gasteiger partial charge on any atom is 0.226 e. The number of carbonyl (C=O) groups excluding carboxylic acids is 1. The number of anilines is 1. The van der Waals surface area contributed by atoms with Gasteiger partial charge in [0.25, 0.3) is 0 Å². The second kappa shape index (κ2) is 5.03. The Labute approximate surface area is 113 Å². The summed E-state index contributed by atoms with van der Waals surface area (Å²) in [5.74, 6) is 0.638. The quantitative estimate of drug-likeness (QED) is 0.856. The van der Waals surface area contributed by atoms with Gasteiger partial charge in [0, 0.05) is 17.7 Å². The molecular weight excluding hydrogens is 238 g/mol. The van der Waals surface area contributed by atoms with E-state index >= 15 is 0 Å². The molecule has 0 spiro atoms. The highest BCUT2D eigenvalue weighted by atomic mass is 16.1. The van der Waals surface area contributed by atoms with Crippen LogP contribution in [-0.2, 0) is 11.2 Å². The van der Waals surface area contributed by atoms with Crippen LogP contribution in [0.3, 0.4) is 0 Å². The van der Waals surface area contributed by atoms with Crippen molar-refractivity contribution in [3.63, 3.8) is 0 Å². The van der Waals surface area contributed by atoms with Gasteiger partial charge < -0.3 is 5.32 Å².